The van der Waals surface area contributed by atoms with Gasteiger partial charge in [-0.2, -0.15) is 0 Å². The lowest BCUT2D eigenvalue weighted by atomic mass is 10.3. The van der Waals surface area contributed by atoms with E-state index in [4.69, 9.17) is 4.74 Å². The fourth-order valence-electron chi connectivity index (χ4n) is 1.19. The molecule has 88 valence electrons. The average molecular weight is 286 g/mol. The zero-order chi connectivity index (χ0) is 12.1. The Bertz CT molecular complexity index is 349. The molecule has 0 aromatic heterocycles. The van der Waals surface area contributed by atoms with E-state index in [1.807, 2.05) is 38.1 Å². The van der Waals surface area contributed by atoms with Gasteiger partial charge < -0.3 is 4.74 Å². The van der Waals surface area contributed by atoms with Crippen LogP contribution in [0, 0.1) is 0 Å². The number of rotatable bonds is 4. The van der Waals surface area contributed by atoms with Crippen molar-refractivity contribution in [1.82, 2.24) is 0 Å². The molecular formula is C12H16BrNO2. The van der Waals surface area contributed by atoms with Gasteiger partial charge in [-0.3, -0.25) is 9.69 Å². The van der Waals surface area contributed by atoms with Crippen molar-refractivity contribution in [2.45, 2.75) is 26.9 Å². The van der Waals surface area contributed by atoms with Gasteiger partial charge in [-0.25, -0.2) is 0 Å². The lowest BCUT2D eigenvalue weighted by molar-refractivity contribution is -0.118. The van der Waals surface area contributed by atoms with Crippen molar-refractivity contribution in [2.24, 2.45) is 0 Å². The van der Waals surface area contributed by atoms with Crippen LogP contribution in [0.3, 0.4) is 0 Å². The lowest BCUT2D eigenvalue weighted by Crippen LogP contribution is -2.32. The molecule has 0 spiro atoms. The number of ether oxygens (including phenoxy) is 1. The molecule has 0 saturated carbocycles. The second-order valence-electron chi connectivity index (χ2n) is 3.77. The van der Waals surface area contributed by atoms with Crippen LogP contribution < -0.4 is 4.90 Å². The molecule has 1 amide bonds. The Morgan fingerprint density at radius 2 is 1.94 bits per heavy atom. The van der Waals surface area contributed by atoms with Gasteiger partial charge in [-0.1, -0.05) is 15.9 Å². The predicted octanol–water partition coefficient (Wildman–Crippen LogP) is 3.18. The van der Waals surface area contributed by atoms with E-state index in [1.54, 1.807) is 4.90 Å². The van der Waals surface area contributed by atoms with Crippen molar-refractivity contribution in [3.63, 3.8) is 0 Å². The predicted molar refractivity (Wildman–Crippen MR) is 68.4 cm³/mol. The molecule has 0 saturated heterocycles. The molecular weight excluding hydrogens is 270 g/mol. The summed E-state index contributed by atoms with van der Waals surface area (Å²) in [4.78, 5) is 13.1. The molecule has 0 aliphatic rings. The molecule has 0 fully saturated rings. The second-order valence-corrected chi connectivity index (χ2v) is 4.68. The Labute approximate surface area is 105 Å². The molecule has 16 heavy (non-hydrogen) atoms. The summed E-state index contributed by atoms with van der Waals surface area (Å²) in [6.45, 7) is 5.71. The topological polar surface area (TPSA) is 29.5 Å². The molecule has 0 unspecified atom stereocenters. The van der Waals surface area contributed by atoms with Gasteiger partial charge in [0, 0.05) is 17.1 Å². The summed E-state index contributed by atoms with van der Waals surface area (Å²) in [5.41, 5.74) is 0.844. The molecule has 1 aromatic rings. The summed E-state index contributed by atoms with van der Waals surface area (Å²) in [6, 6.07) is 7.58. The SMILES string of the molecule is CC(=O)N(COC(C)C)c1ccc(Br)cc1. The number of hydrogen-bond acceptors (Lipinski definition) is 2. The summed E-state index contributed by atoms with van der Waals surface area (Å²) in [5, 5.41) is 0. The van der Waals surface area contributed by atoms with E-state index in [1.165, 1.54) is 6.92 Å². The first-order valence-electron chi connectivity index (χ1n) is 5.16. The van der Waals surface area contributed by atoms with E-state index >= 15 is 0 Å². The number of halogens is 1. The van der Waals surface area contributed by atoms with Crippen molar-refractivity contribution in [2.75, 3.05) is 11.6 Å². The van der Waals surface area contributed by atoms with Crippen LogP contribution in [0.15, 0.2) is 28.7 Å². The highest BCUT2D eigenvalue weighted by Crippen LogP contribution is 2.18. The van der Waals surface area contributed by atoms with Crippen LogP contribution in [0.5, 0.6) is 0 Å². The molecule has 0 radical (unpaired) electrons. The van der Waals surface area contributed by atoms with E-state index < -0.39 is 0 Å². The van der Waals surface area contributed by atoms with Gasteiger partial charge in [0.2, 0.25) is 5.91 Å². The molecule has 1 aromatic carbocycles. The highest BCUT2D eigenvalue weighted by Gasteiger charge is 2.11. The minimum atomic E-state index is -0.0250. The Balaban J connectivity index is 2.77. The maximum atomic E-state index is 11.5. The maximum absolute atomic E-state index is 11.5. The van der Waals surface area contributed by atoms with Gasteiger partial charge in [0.15, 0.2) is 0 Å². The summed E-state index contributed by atoms with van der Waals surface area (Å²) in [6.07, 6.45) is 0.109. The Morgan fingerprint density at radius 1 is 1.38 bits per heavy atom. The molecule has 0 atom stereocenters. The molecule has 1 rings (SSSR count). The van der Waals surface area contributed by atoms with Crippen LogP contribution in [0.2, 0.25) is 0 Å². The van der Waals surface area contributed by atoms with Gasteiger partial charge in [0.25, 0.3) is 0 Å². The second kappa shape index (κ2) is 6.01. The Morgan fingerprint density at radius 3 is 2.38 bits per heavy atom. The zero-order valence-electron chi connectivity index (χ0n) is 9.74. The summed E-state index contributed by atoms with van der Waals surface area (Å²) >= 11 is 3.36. The first-order chi connectivity index (χ1) is 7.50. The van der Waals surface area contributed by atoms with Crippen LogP contribution in [0.4, 0.5) is 5.69 Å². The van der Waals surface area contributed by atoms with Crippen molar-refractivity contribution in [3.05, 3.63) is 28.7 Å². The highest BCUT2D eigenvalue weighted by molar-refractivity contribution is 9.10. The smallest absolute Gasteiger partial charge is 0.225 e. The summed E-state index contributed by atoms with van der Waals surface area (Å²) < 4.78 is 6.43. The van der Waals surface area contributed by atoms with Gasteiger partial charge >= 0.3 is 0 Å². The maximum Gasteiger partial charge on any atom is 0.225 e. The standard InChI is InChI=1S/C12H16BrNO2/c1-9(2)16-8-14(10(3)15)12-6-4-11(13)5-7-12/h4-7,9H,8H2,1-3H3. The number of amides is 1. The Hall–Kier alpha value is -0.870. The molecule has 0 aliphatic heterocycles. The average Bonchev–Trinajstić information content (AvgIpc) is 2.20. The van der Waals surface area contributed by atoms with Crippen molar-refractivity contribution >= 4 is 27.5 Å². The number of anilines is 1. The number of carbonyl (C=O) groups is 1. The van der Waals surface area contributed by atoms with E-state index in [0.717, 1.165) is 10.2 Å². The number of carbonyl (C=O) groups excluding carboxylic acids is 1. The van der Waals surface area contributed by atoms with Gasteiger partial charge in [-0.05, 0) is 38.1 Å². The van der Waals surface area contributed by atoms with E-state index in [-0.39, 0.29) is 18.7 Å². The van der Waals surface area contributed by atoms with Gasteiger partial charge in [0.1, 0.15) is 6.73 Å². The Kier molecular flexibility index (Phi) is 4.96. The molecule has 0 bridgehead atoms. The minimum absolute atomic E-state index is 0.0250. The number of nitrogens with zero attached hydrogens (tertiary/aromatic N) is 1. The largest absolute Gasteiger partial charge is 0.358 e. The third kappa shape index (κ3) is 3.94. The van der Waals surface area contributed by atoms with E-state index in [2.05, 4.69) is 15.9 Å². The fourth-order valence-corrected chi connectivity index (χ4v) is 1.46. The van der Waals surface area contributed by atoms with Crippen LogP contribution in [-0.4, -0.2) is 18.7 Å². The first-order valence-corrected chi connectivity index (χ1v) is 5.95. The van der Waals surface area contributed by atoms with Crippen LogP contribution in [-0.2, 0) is 9.53 Å². The monoisotopic (exact) mass is 285 g/mol. The minimum Gasteiger partial charge on any atom is -0.358 e. The van der Waals surface area contributed by atoms with E-state index in [0.29, 0.717) is 0 Å². The van der Waals surface area contributed by atoms with Crippen molar-refractivity contribution in [1.29, 1.82) is 0 Å². The molecule has 0 aliphatic carbocycles. The van der Waals surface area contributed by atoms with Crippen LogP contribution in [0.25, 0.3) is 0 Å². The van der Waals surface area contributed by atoms with Crippen molar-refractivity contribution in [3.8, 4) is 0 Å². The van der Waals surface area contributed by atoms with E-state index in [9.17, 15) is 4.79 Å². The molecule has 4 heteroatoms. The normalized spacial score (nSPS) is 10.6. The molecule has 0 N–H and O–H groups in total. The fraction of sp³-hybridized carbons (Fsp3) is 0.417. The van der Waals surface area contributed by atoms with Gasteiger partial charge in [0.05, 0.1) is 6.10 Å². The highest BCUT2D eigenvalue weighted by atomic mass is 79.9. The van der Waals surface area contributed by atoms with Crippen LogP contribution >= 0.6 is 15.9 Å². The summed E-state index contributed by atoms with van der Waals surface area (Å²) in [5.74, 6) is -0.0250. The summed E-state index contributed by atoms with van der Waals surface area (Å²) in [7, 11) is 0. The van der Waals surface area contributed by atoms with Gasteiger partial charge in [-0.15, -0.1) is 0 Å². The van der Waals surface area contributed by atoms with Crippen LogP contribution in [0.1, 0.15) is 20.8 Å². The zero-order valence-corrected chi connectivity index (χ0v) is 11.3. The molecule has 0 heterocycles. The third-order valence-corrected chi connectivity index (χ3v) is 2.58. The number of hydrogen-bond donors (Lipinski definition) is 0. The van der Waals surface area contributed by atoms with Crippen molar-refractivity contribution < 1.29 is 9.53 Å². The quantitative estimate of drug-likeness (QED) is 0.796. The third-order valence-electron chi connectivity index (χ3n) is 2.06. The molecule has 3 nitrogen and oxygen atoms in total. The number of benzene rings is 1. The lowest BCUT2D eigenvalue weighted by Gasteiger charge is -2.22. The first kappa shape index (κ1) is 13.2.